The van der Waals surface area contributed by atoms with Gasteiger partial charge in [0, 0.05) is 25.0 Å². The zero-order valence-corrected chi connectivity index (χ0v) is 13.4. The Morgan fingerprint density at radius 3 is 2.53 bits per heavy atom. The summed E-state index contributed by atoms with van der Waals surface area (Å²) in [6, 6.07) is 7.83. The Kier molecular flexibility index (Phi) is 6.31. The molecule has 0 aliphatic heterocycles. The molecule has 2 aromatic rings. The molecule has 0 atom stereocenters. The number of hydrogen-bond donors (Lipinski definition) is 0. The van der Waals surface area contributed by atoms with Gasteiger partial charge in [-0.1, -0.05) is 43.0 Å². The van der Waals surface area contributed by atoms with Crippen molar-refractivity contribution >= 4 is 17.5 Å². The lowest BCUT2D eigenvalue weighted by Gasteiger charge is -2.03. The second kappa shape index (κ2) is 7.50. The van der Waals surface area contributed by atoms with Crippen LogP contribution in [0, 0.1) is 0 Å². The van der Waals surface area contributed by atoms with Gasteiger partial charge in [-0.3, -0.25) is 4.79 Å². The normalized spacial score (nSPS) is 10.0. The summed E-state index contributed by atoms with van der Waals surface area (Å²) in [6.07, 6.45) is 4.61. The minimum absolute atomic E-state index is 0. The maximum absolute atomic E-state index is 12.0. The number of rotatable bonds is 5. The standard InChI is InChI=1S/C14H16N2OS.BrH/c1-3-11-4-6-12(7-5-11)13(17)10-18-14-15-8-9-16(14)2;/h4-9H,3,10H2,1-2H3;1H/p-1. The largest absolute Gasteiger partial charge is 1.00 e. The Morgan fingerprint density at radius 2 is 2.00 bits per heavy atom. The van der Waals surface area contributed by atoms with Gasteiger partial charge in [-0.25, -0.2) is 4.98 Å². The zero-order chi connectivity index (χ0) is 13.0. The van der Waals surface area contributed by atoms with E-state index in [1.54, 1.807) is 6.20 Å². The quantitative estimate of drug-likeness (QED) is 0.566. The molecule has 0 saturated carbocycles. The molecule has 102 valence electrons. The number of thioether (sulfide) groups is 1. The van der Waals surface area contributed by atoms with E-state index in [-0.39, 0.29) is 22.8 Å². The average Bonchev–Trinajstić information content (AvgIpc) is 2.81. The first-order valence-electron chi connectivity index (χ1n) is 5.93. The highest BCUT2D eigenvalue weighted by atomic mass is 79.9. The molecule has 0 N–H and O–H groups in total. The molecule has 3 nitrogen and oxygen atoms in total. The molecule has 1 aromatic carbocycles. The van der Waals surface area contributed by atoms with Crippen molar-refractivity contribution in [3.8, 4) is 0 Å². The number of aromatic nitrogens is 2. The molecule has 0 spiro atoms. The average molecular weight is 340 g/mol. The van der Waals surface area contributed by atoms with Crippen LogP contribution in [-0.4, -0.2) is 21.1 Å². The number of benzene rings is 1. The fourth-order valence-corrected chi connectivity index (χ4v) is 2.46. The summed E-state index contributed by atoms with van der Waals surface area (Å²) in [4.78, 5) is 16.2. The van der Waals surface area contributed by atoms with Gasteiger partial charge in [0.2, 0.25) is 0 Å². The topological polar surface area (TPSA) is 34.9 Å². The van der Waals surface area contributed by atoms with Crippen LogP contribution in [0.3, 0.4) is 0 Å². The van der Waals surface area contributed by atoms with Crippen LogP contribution in [0.5, 0.6) is 0 Å². The van der Waals surface area contributed by atoms with Crippen LogP contribution in [0.2, 0.25) is 0 Å². The molecule has 0 bridgehead atoms. The van der Waals surface area contributed by atoms with Crippen molar-refractivity contribution < 1.29 is 21.8 Å². The summed E-state index contributed by atoms with van der Waals surface area (Å²) in [5, 5.41) is 0.869. The van der Waals surface area contributed by atoms with Gasteiger partial charge in [0.1, 0.15) is 0 Å². The number of imidazole rings is 1. The lowest BCUT2D eigenvalue weighted by atomic mass is 10.1. The first-order chi connectivity index (χ1) is 8.70. The SMILES string of the molecule is CCc1ccc(C(=O)CSc2nccn2C)cc1.[Br-]. The number of aryl methyl sites for hydroxylation is 2. The van der Waals surface area contributed by atoms with Gasteiger partial charge in [-0.05, 0) is 12.0 Å². The highest BCUT2D eigenvalue weighted by Crippen LogP contribution is 2.16. The summed E-state index contributed by atoms with van der Waals surface area (Å²) in [6.45, 7) is 2.10. The summed E-state index contributed by atoms with van der Waals surface area (Å²) in [5.41, 5.74) is 2.03. The predicted octanol–water partition coefficient (Wildman–Crippen LogP) is -0.0385. The van der Waals surface area contributed by atoms with Crippen molar-refractivity contribution in [2.45, 2.75) is 18.5 Å². The van der Waals surface area contributed by atoms with E-state index in [2.05, 4.69) is 11.9 Å². The van der Waals surface area contributed by atoms with E-state index in [1.807, 2.05) is 42.1 Å². The number of ketones is 1. The predicted molar refractivity (Wildman–Crippen MR) is 74.1 cm³/mol. The molecule has 1 heterocycles. The van der Waals surface area contributed by atoms with Crippen LogP contribution in [0.4, 0.5) is 0 Å². The molecule has 2 rings (SSSR count). The van der Waals surface area contributed by atoms with E-state index in [4.69, 9.17) is 0 Å². The van der Waals surface area contributed by atoms with Crippen molar-refractivity contribution in [1.29, 1.82) is 0 Å². The highest BCUT2D eigenvalue weighted by Gasteiger charge is 2.08. The number of carbonyl (C=O) groups excluding carboxylic acids is 1. The van der Waals surface area contributed by atoms with Crippen molar-refractivity contribution in [2.75, 3.05) is 5.75 Å². The van der Waals surface area contributed by atoms with E-state index >= 15 is 0 Å². The summed E-state index contributed by atoms with van der Waals surface area (Å²) >= 11 is 1.47. The first-order valence-corrected chi connectivity index (χ1v) is 6.91. The molecule has 0 aliphatic rings. The van der Waals surface area contributed by atoms with Gasteiger partial charge >= 0.3 is 0 Å². The lowest BCUT2D eigenvalue weighted by molar-refractivity contribution is -0.0000116. The number of Topliss-reactive ketones (excluding diaryl/α,β-unsaturated/α-hetero) is 1. The monoisotopic (exact) mass is 339 g/mol. The molecular weight excluding hydrogens is 324 g/mol. The van der Waals surface area contributed by atoms with Crippen LogP contribution in [0.1, 0.15) is 22.8 Å². The van der Waals surface area contributed by atoms with Crippen LogP contribution >= 0.6 is 11.8 Å². The third kappa shape index (κ3) is 4.21. The van der Waals surface area contributed by atoms with Crippen molar-refractivity contribution in [1.82, 2.24) is 9.55 Å². The highest BCUT2D eigenvalue weighted by molar-refractivity contribution is 7.99. The molecule has 0 amide bonds. The second-order valence-electron chi connectivity index (χ2n) is 4.08. The molecule has 0 unspecified atom stereocenters. The van der Waals surface area contributed by atoms with Gasteiger partial charge in [-0.2, -0.15) is 0 Å². The van der Waals surface area contributed by atoms with E-state index in [0.29, 0.717) is 5.75 Å². The Labute approximate surface area is 128 Å². The van der Waals surface area contributed by atoms with Crippen molar-refractivity contribution in [3.63, 3.8) is 0 Å². The maximum Gasteiger partial charge on any atom is 0.173 e. The summed E-state index contributed by atoms with van der Waals surface area (Å²) in [7, 11) is 1.93. The van der Waals surface area contributed by atoms with Gasteiger partial charge in [0.15, 0.2) is 10.9 Å². The molecule has 19 heavy (non-hydrogen) atoms. The van der Waals surface area contributed by atoms with Crippen LogP contribution < -0.4 is 17.0 Å². The van der Waals surface area contributed by atoms with E-state index < -0.39 is 0 Å². The molecule has 0 aliphatic carbocycles. The Morgan fingerprint density at radius 1 is 1.32 bits per heavy atom. The third-order valence-electron chi connectivity index (χ3n) is 2.79. The number of halogens is 1. The van der Waals surface area contributed by atoms with Gasteiger partial charge in [0.25, 0.3) is 0 Å². The van der Waals surface area contributed by atoms with E-state index in [9.17, 15) is 4.79 Å². The number of carbonyl (C=O) groups is 1. The molecule has 1 aromatic heterocycles. The van der Waals surface area contributed by atoms with Gasteiger partial charge < -0.3 is 21.5 Å². The van der Waals surface area contributed by atoms with Crippen LogP contribution in [0.15, 0.2) is 41.8 Å². The Hall–Kier alpha value is -1.07. The van der Waals surface area contributed by atoms with E-state index in [1.165, 1.54) is 17.3 Å². The third-order valence-corrected chi connectivity index (χ3v) is 3.85. The second-order valence-corrected chi connectivity index (χ2v) is 5.03. The molecule has 5 heteroatoms. The first kappa shape index (κ1) is 16.0. The summed E-state index contributed by atoms with van der Waals surface area (Å²) < 4.78 is 1.91. The maximum atomic E-state index is 12.0. The van der Waals surface area contributed by atoms with Crippen molar-refractivity contribution in [3.05, 3.63) is 47.8 Å². The Bertz CT molecular complexity index is 537. The number of nitrogens with zero attached hydrogens (tertiary/aromatic N) is 2. The van der Waals surface area contributed by atoms with Gasteiger partial charge in [-0.15, -0.1) is 0 Å². The van der Waals surface area contributed by atoms with Crippen LogP contribution in [-0.2, 0) is 13.5 Å². The molecule has 0 saturated heterocycles. The summed E-state index contributed by atoms with van der Waals surface area (Å²) in [5.74, 6) is 0.571. The van der Waals surface area contributed by atoms with Gasteiger partial charge in [0.05, 0.1) is 5.75 Å². The molecular formula is C14H16BrN2OS-. The van der Waals surface area contributed by atoms with Crippen LogP contribution in [0.25, 0.3) is 0 Å². The fraction of sp³-hybridized carbons (Fsp3) is 0.286. The van der Waals surface area contributed by atoms with Crippen molar-refractivity contribution in [2.24, 2.45) is 7.05 Å². The Balaban J connectivity index is 0.00000180. The molecule has 0 radical (unpaired) electrons. The minimum atomic E-state index is 0. The molecule has 0 fully saturated rings. The number of hydrogen-bond acceptors (Lipinski definition) is 3. The minimum Gasteiger partial charge on any atom is -1.00 e. The van der Waals surface area contributed by atoms with E-state index in [0.717, 1.165) is 17.1 Å². The lowest BCUT2D eigenvalue weighted by Crippen LogP contribution is -3.00. The fourth-order valence-electron chi connectivity index (χ4n) is 1.63. The smallest absolute Gasteiger partial charge is 0.173 e. The zero-order valence-electron chi connectivity index (χ0n) is 11.0.